The van der Waals surface area contributed by atoms with Crippen LogP contribution in [-0.2, 0) is 4.79 Å². The van der Waals surface area contributed by atoms with Crippen molar-refractivity contribution in [3.05, 3.63) is 83.4 Å². The molecule has 6 nitrogen and oxygen atoms in total. The maximum absolute atomic E-state index is 13.1. The number of amides is 1. The molecule has 1 aliphatic rings. The van der Waals surface area contributed by atoms with Gasteiger partial charge in [0.15, 0.2) is 0 Å². The van der Waals surface area contributed by atoms with Crippen molar-refractivity contribution in [3.63, 3.8) is 0 Å². The minimum Gasteiger partial charge on any atom is -0.545 e. The number of hydrogen-bond acceptors (Lipinski definition) is 5. The molecular weight excluding hydrogens is 375 g/mol. The van der Waals surface area contributed by atoms with Gasteiger partial charge >= 0.3 is 0 Å². The molecule has 0 unspecified atom stereocenters. The molecule has 0 bridgehead atoms. The van der Waals surface area contributed by atoms with Crippen LogP contribution in [0.2, 0.25) is 0 Å². The van der Waals surface area contributed by atoms with Crippen molar-refractivity contribution in [1.29, 1.82) is 0 Å². The van der Waals surface area contributed by atoms with Crippen LogP contribution in [0, 0.1) is 5.82 Å². The number of anilines is 1. The summed E-state index contributed by atoms with van der Waals surface area (Å²) in [5.74, 6) is -1.01. The fraction of sp³-hybridized carbons (Fsp3) is 0.0455. The number of hydrazone groups is 1. The third kappa shape index (κ3) is 3.58. The third-order valence-corrected chi connectivity index (χ3v) is 4.45. The summed E-state index contributed by atoms with van der Waals surface area (Å²) in [6, 6.07) is 15.0. The number of halogens is 1. The predicted molar refractivity (Wildman–Crippen MR) is 103 cm³/mol. The van der Waals surface area contributed by atoms with Gasteiger partial charge in [-0.3, -0.25) is 4.79 Å². The molecule has 1 aromatic heterocycles. The van der Waals surface area contributed by atoms with Crippen LogP contribution >= 0.6 is 0 Å². The molecule has 3 aromatic rings. The zero-order valence-corrected chi connectivity index (χ0v) is 15.3. The Morgan fingerprint density at radius 1 is 1.07 bits per heavy atom. The van der Waals surface area contributed by atoms with Gasteiger partial charge in [0.2, 0.25) is 0 Å². The lowest BCUT2D eigenvalue weighted by Crippen LogP contribution is -2.21. The SMILES string of the molecule is CC1=NN(c2ccc(F)cc2)C(=O)/C1=C\c1ccc(-c2ccc(C(=O)[O-])cc2)o1. The van der Waals surface area contributed by atoms with Crippen molar-refractivity contribution < 1.29 is 23.5 Å². The molecule has 2 aromatic carbocycles. The minimum atomic E-state index is -1.25. The molecule has 1 amide bonds. The average molecular weight is 389 g/mol. The molecule has 144 valence electrons. The van der Waals surface area contributed by atoms with Gasteiger partial charge in [0.25, 0.3) is 5.91 Å². The zero-order valence-electron chi connectivity index (χ0n) is 15.3. The zero-order chi connectivity index (χ0) is 20.5. The number of aromatic carboxylic acids is 1. The van der Waals surface area contributed by atoms with Crippen molar-refractivity contribution in [2.24, 2.45) is 5.10 Å². The van der Waals surface area contributed by atoms with E-state index in [0.29, 0.717) is 34.1 Å². The molecule has 0 saturated heterocycles. The van der Waals surface area contributed by atoms with E-state index < -0.39 is 11.8 Å². The highest BCUT2D eigenvalue weighted by molar-refractivity contribution is 6.32. The Labute approximate surface area is 165 Å². The number of furan rings is 1. The summed E-state index contributed by atoms with van der Waals surface area (Å²) in [6.45, 7) is 1.70. The van der Waals surface area contributed by atoms with Crippen LogP contribution in [0.5, 0.6) is 0 Å². The van der Waals surface area contributed by atoms with E-state index in [1.165, 1.54) is 41.4 Å². The van der Waals surface area contributed by atoms with Crippen molar-refractivity contribution >= 4 is 29.4 Å². The molecular formula is C22H14FN2O4-. The number of hydrogen-bond donors (Lipinski definition) is 0. The summed E-state index contributed by atoms with van der Waals surface area (Å²) in [5.41, 5.74) is 2.10. The van der Waals surface area contributed by atoms with Crippen LogP contribution in [0.25, 0.3) is 17.4 Å². The van der Waals surface area contributed by atoms with Gasteiger partial charge in [0.05, 0.1) is 22.9 Å². The van der Waals surface area contributed by atoms with Gasteiger partial charge in [-0.05, 0) is 55.0 Å². The highest BCUT2D eigenvalue weighted by Crippen LogP contribution is 2.27. The van der Waals surface area contributed by atoms with Gasteiger partial charge < -0.3 is 14.3 Å². The Morgan fingerprint density at radius 2 is 1.76 bits per heavy atom. The number of rotatable bonds is 4. The maximum Gasteiger partial charge on any atom is 0.280 e. The van der Waals surface area contributed by atoms with Gasteiger partial charge in [-0.15, -0.1) is 0 Å². The molecule has 2 heterocycles. The molecule has 1 aliphatic heterocycles. The predicted octanol–water partition coefficient (Wildman–Crippen LogP) is 3.26. The average Bonchev–Trinajstić information content (AvgIpc) is 3.29. The molecule has 29 heavy (non-hydrogen) atoms. The van der Waals surface area contributed by atoms with E-state index in [-0.39, 0.29) is 11.5 Å². The second-order valence-corrected chi connectivity index (χ2v) is 6.40. The number of benzene rings is 2. The van der Waals surface area contributed by atoms with E-state index in [1.54, 1.807) is 37.3 Å². The van der Waals surface area contributed by atoms with Crippen molar-refractivity contribution in [3.8, 4) is 11.3 Å². The first-order valence-electron chi connectivity index (χ1n) is 8.71. The van der Waals surface area contributed by atoms with Crippen molar-refractivity contribution in [1.82, 2.24) is 0 Å². The Balaban J connectivity index is 1.58. The summed E-state index contributed by atoms with van der Waals surface area (Å²) >= 11 is 0. The third-order valence-electron chi connectivity index (χ3n) is 4.45. The van der Waals surface area contributed by atoms with Crippen LogP contribution in [0.4, 0.5) is 10.1 Å². The van der Waals surface area contributed by atoms with E-state index in [0.717, 1.165) is 0 Å². The smallest absolute Gasteiger partial charge is 0.280 e. The molecule has 0 radical (unpaired) electrons. The fourth-order valence-electron chi connectivity index (χ4n) is 2.94. The minimum absolute atomic E-state index is 0.0759. The number of nitrogens with zero attached hydrogens (tertiary/aromatic N) is 2. The van der Waals surface area contributed by atoms with Crippen LogP contribution in [0.15, 0.2) is 75.8 Å². The van der Waals surface area contributed by atoms with Crippen LogP contribution < -0.4 is 10.1 Å². The van der Waals surface area contributed by atoms with Crippen LogP contribution in [0.1, 0.15) is 23.0 Å². The van der Waals surface area contributed by atoms with Gasteiger partial charge in [-0.25, -0.2) is 4.39 Å². The monoisotopic (exact) mass is 389 g/mol. The second-order valence-electron chi connectivity index (χ2n) is 6.40. The van der Waals surface area contributed by atoms with E-state index in [2.05, 4.69) is 5.10 Å². The first-order chi connectivity index (χ1) is 13.9. The Kier molecular flexibility index (Phi) is 4.56. The first kappa shape index (κ1) is 18.4. The normalized spacial score (nSPS) is 15.1. The second kappa shape index (κ2) is 7.20. The number of carboxylic acids is 1. The summed E-state index contributed by atoms with van der Waals surface area (Å²) < 4.78 is 18.9. The quantitative estimate of drug-likeness (QED) is 0.641. The van der Waals surface area contributed by atoms with E-state index >= 15 is 0 Å². The lowest BCUT2D eigenvalue weighted by Gasteiger charge is -2.11. The molecule has 4 rings (SSSR count). The molecule has 0 N–H and O–H groups in total. The molecule has 7 heteroatoms. The van der Waals surface area contributed by atoms with E-state index in [4.69, 9.17) is 4.42 Å². The summed E-state index contributed by atoms with van der Waals surface area (Å²) in [7, 11) is 0. The highest BCUT2D eigenvalue weighted by Gasteiger charge is 2.29. The van der Waals surface area contributed by atoms with E-state index in [1.807, 2.05) is 0 Å². The summed E-state index contributed by atoms with van der Waals surface area (Å²) in [6.07, 6.45) is 1.59. The summed E-state index contributed by atoms with van der Waals surface area (Å²) in [5, 5.41) is 16.3. The first-order valence-corrected chi connectivity index (χ1v) is 8.71. The van der Waals surface area contributed by atoms with Gasteiger partial charge in [0.1, 0.15) is 17.3 Å². The topological polar surface area (TPSA) is 85.9 Å². The lowest BCUT2D eigenvalue weighted by atomic mass is 10.1. The molecule has 0 fully saturated rings. The Hall–Kier alpha value is -4.00. The molecule has 0 atom stereocenters. The van der Waals surface area contributed by atoms with Gasteiger partial charge in [-0.1, -0.05) is 24.3 Å². The number of carbonyl (C=O) groups excluding carboxylic acids is 2. The van der Waals surface area contributed by atoms with Gasteiger partial charge in [0, 0.05) is 5.56 Å². The highest BCUT2D eigenvalue weighted by atomic mass is 19.1. The standard InChI is InChI=1S/C22H15FN2O4/c1-13-19(21(26)25(24-13)17-8-6-16(23)7-9-17)12-18-10-11-20(29-18)14-2-4-15(5-3-14)22(27)28/h2-12H,1H3,(H,27,28)/p-1/b19-12-. The fourth-order valence-corrected chi connectivity index (χ4v) is 2.94. The number of carbonyl (C=O) groups is 2. The van der Waals surface area contributed by atoms with Crippen LogP contribution in [0.3, 0.4) is 0 Å². The van der Waals surface area contributed by atoms with Crippen molar-refractivity contribution in [2.45, 2.75) is 6.92 Å². The Bertz CT molecular complexity index is 1160. The molecule has 0 spiro atoms. The molecule has 0 aliphatic carbocycles. The number of carboxylic acid groups (broad SMARTS) is 1. The van der Waals surface area contributed by atoms with E-state index in [9.17, 15) is 19.1 Å². The van der Waals surface area contributed by atoms with Crippen LogP contribution in [-0.4, -0.2) is 17.6 Å². The maximum atomic E-state index is 13.1. The van der Waals surface area contributed by atoms with Gasteiger partial charge in [-0.2, -0.15) is 10.1 Å². The summed E-state index contributed by atoms with van der Waals surface area (Å²) in [4.78, 5) is 23.6. The lowest BCUT2D eigenvalue weighted by molar-refractivity contribution is -0.255. The Morgan fingerprint density at radius 3 is 2.41 bits per heavy atom. The largest absolute Gasteiger partial charge is 0.545 e. The molecule has 0 saturated carbocycles. The van der Waals surface area contributed by atoms with Crippen molar-refractivity contribution in [2.75, 3.05) is 5.01 Å².